The van der Waals surface area contributed by atoms with Crippen LogP contribution in [-0.4, -0.2) is 39.8 Å². The van der Waals surface area contributed by atoms with E-state index < -0.39 is 0 Å². The molecular formula is C8H12N4OS. The normalized spacial score (nSPS) is 31.4. The van der Waals surface area contributed by atoms with E-state index in [-0.39, 0.29) is 0 Å². The molecule has 0 aliphatic carbocycles. The van der Waals surface area contributed by atoms with E-state index in [1.54, 1.807) is 0 Å². The average Bonchev–Trinajstić information content (AvgIpc) is 2.83. The maximum Gasteiger partial charge on any atom is 0.132 e. The van der Waals surface area contributed by atoms with Crippen LogP contribution in [0.15, 0.2) is 0 Å². The predicted octanol–water partition coefficient (Wildman–Crippen LogP) is 0.0934. The highest BCUT2D eigenvalue weighted by Crippen LogP contribution is 2.29. The average molecular weight is 212 g/mol. The summed E-state index contributed by atoms with van der Waals surface area (Å²) in [6.07, 6.45) is 1.60. The van der Waals surface area contributed by atoms with Crippen molar-refractivity contribution in [2.75, 3.05) is 18.9 Å². The number of nitrogens with two attached hydrogens (primary N) is 1. The lowest BCUT2D eigenvalue weighted by molar-refractivity contribution is 0.0269. The Hall–Kier alpha value is -0.720. The molecule has 3 heterocycles. The molecule has 76 valence electrons. The maximum absolute atomic E-state index is 5.75. The molecule has 2 saturated heterocycles. The Morgan fingerprint density at radius 1 is 1.64 bits per heavy atom. The van der Waals surface area contributed by atoms with E-state index in [9.17, 15) is 0 Å². The van der Waals surface area contributed by atoms with E-state index in [4.69, 9.17) is 10.5 Å². The Bertz CT molecular complexity index is 342. The highest BCUT2D eigenvalue weighted by atomic mass is 32.1. The lowest BCUT2D eigenvalue weighted by atomic mass is 10.2. The van der Waals surface area contributed by atoms with Crippen LogP contribution in [0.3, 0.4) is 0 Å². The second-order valence-corrected chi connectivity index (χ2v) is 4.64. The molecule has 2 fully saturated rings. The SMILES string of the molecule is Nc1snnc1CN1CC2CC1CO2. The van der Waals surface area contributed by atoms with Gasteiger partial charge in [-0.15, -0.1) is 5.10 Å². The summed E-state index contributed by atoms with van der Waals surface area (Å²) in [7, 11) is 0. The van der Waals surface area contributed by atoms with E-state index in [0.717, 1.165) is 36.8 Å². The topological polar surface area (TPSA) is 64.3 Å². The predicted molar refractivity (Wildman–Crippen MR) is 52.9 cm³/mol. The molecule has 2 bridgehead atoms. The van der Waals surface area contributed by atoms with Gasteiger partial charge in [0.05, 0.1) is 12.7 Å². The quantitative estimate of drug-likeness (QED) is 0.753. The smallest absolute Gasteiger partial charge is 0.132 e. The fourth-order valence-corrected chi connectivity index (χ4v) is 2.63. The summed E-state index contributed by atoms with van der Waals surface area (Å²) in [6.45, 7) is 2.70. The van der Waals surface area contributed by atoms with E-state index in [1.807, 2.05) is 0 Å². The van der Waals surface area contributed by atoms with Crippen LogP contribution in [0.2, 0.25) is 0 Å². The monoisotopic (exact) mass is 212 g/mol. The molecule has 2 unspecified atom stereocenters. The van der Waals surface area contributed by atoms with Gasteiger partial charge in [-0.2, -0.15) is 0 Å². The van der Waals surface area contributed by atoms with Gasteiger partial charge in [-0.25, -0.2) is 0 Å². The van der Waals surface area contributed by atoms with Crippen molar-refractivity contribution in [3.8, 4) is 0 Å². The zero-order valence-electron chi connectivity index (χ0n) is 7.72. The van der Waals surface area contributed by atoms with Crippen molar-refractivity contribution in [1.29, 1.82) is 0 Å². The molecule has 1 aromatic heterocycles. The van der Waals surface area contributed by atoms with Gasteiger partial charge in [0.2, 0.25) is 0 Å². The number of hydrogen-bond acceptors (Lipinski definition) is 6. The van der Waals surface area contributed by atoms with Gasteiger partial charge in [0.1, 0.15) is 10.7 Å². The zero-order chi connectivity index (χ0) is 9.54. The van der Waals surface area contributed by atoms with Gasteiger partial charge in [-0.1, -0.05) is 4.49 Å². The molecule has 0 saturated carbocycles. The van der Waals surface area contributed by atoms with Crippen LogP contribution in [0, 0.1) is 0 Å². The second-order valence-electron chi connectivity index (χ2n) is 3.86. The fraction of sp³-hybridized carbons (Fsp3) is 0.750. The number of morpholine rings is 1. The highest BCUT2D eigenvalue weighted by molar-refractivity contribution is 7.09. The highest BCUT2D eigenvalue weighted by Gasteiger charge is 2.39. The van der Waals surface area contributed by atoms with Crippen molar-refractivity contribution in [3.63, 3.8) is 0 Å². The lowest BCUT2D eigenvalue weighted by Crippen LogP contribution is -2.36. The Labute approximate surface area is 86.0 Å². The van der Waals surface area contributed by atoms with Gasteiger partial charge < -0.3 is 10.5 Å². The Balaban J connectivity index is 1.71. The van der Waals surface area contributed by atoms with Crippen molar-refractivity contribution in [3.05, 3.63) is 5.69 Å². The van der Waals surface area contributed by atoms with Gasteiger partial charge in [-0.05, 0) is 6.42 Å². The van der Waals surface area contributed by atoms with E-state index in [2.05, 4.69) is 14.5 Å². The first-order valence-corrected chi connectivity index (χ1v) is 5.52. The number of aromatic nitrogens is 2. The van der Waals surface area contributed by atoms with Gasteiger partial charge in [0.25, 0.3) is 0 Å². The summed E-state index contributed by atoms with van der Waals surface area (Å²) in [6, 6.07) is 0.570. The molecule has 5 nitrogen and oxygen atoms in total. The van der Waals surface area contributed by atoms with Gasteiger partial charge in [0.15, 0.2) is 0 Å². The number of anilines is 1. The van der Waals surface area contributed by atoms with Crippen molar-refractivity contribution in [2.45, 2.75) is 25.1 Å². The molecular weight excluding hydrogens is 200 g/mol. The Kier molecular flexibility index (Phi) is 1.93. The molecule has 0 aromatic carbocycles. The van der Waals surface area contributed by atoms with Crippen LogP contribution in [-0.2, 0) is 11.3 Å². The standard InChI is InChI=1S/C8H12N4OS/c9-8-7(10-11-14-8)3-12-2-6-1-5(12)4-13-6/h5-6H,1-4,9H2. The number of ether oxygens (including phenoxy) is 1. The molecule has 6 heteroatoms. The Morgan fingerprint density at radius 2 is 2.57 bits per heavy atom. The molecule has 2 atom stereocenters. The van der Waals surface area contributed by atoms with Crippen molar-refractivity contribution >= 4 is 16.5 Å². The fourth-order valence-electron chi connectivity index (χ4n) is 2.19. The first kappa shape index (κ1) is 8.58. The summed E-state index contributed by atoms with van der Waals surface area (Å²) in [4.78, 5) is 2.39. The van der Waals surface area contributed by atoms with Crippen LogP contribution in [0.1, 0.15) is 12.1 Å². The van der Waals surface area contributed by atoms with Crippen LogP contribution >= 0.6 is 11.5 Å². The molecule has 2 aliphatic rings. The third kappa shape index (κ3) is 1.30. The van der Waals surface area contributed by atoms with Gasteiger partial charge in [0, 0.05) is 30.7 Å². The Morgan fingerprint density at radius 3 is 3.14 bits per heavy atom. The molecule has 2 N–H and O–H groups in total. The van der Waals surface area contributed by atoms with Crippen molar-refractivity contribution in [1.82, 2.24) is 14.5 Å². The minimum absolute atomic E-state index is 0.438. The third-order valence-corrected chi connectivity index (χ3v) is 3.55. The number of nitrogen functional groups attached to an aromatic ring is 1. The van der Waals surface area contributed by atoms with Gasteiger partial charge >= 0.3 is 0 Å². The molecule has 3 rings (SSSR count). The lowest BCUT2D eigenvalue weighted by Gasteiger charge is -2.25. The first-order valence-electron chi connectivity index (χ1n) is 4.75. The van der Waals surface area contributed by atoms with E-state index in [1.165, 1.54) is 11.5 Å². The molecule has 0 spiro atoms. The van der Waals surface area contributed by atoms with Crippen molar-refractivity contribution in [2.24, 2.45) is 0 Å². The third-order valence-electron chi connectivity index (χ3n) is 2.95. The minimum atomic E-state index is 0.438. The number of rotatable bonds is 2. The zero-order valence-corrected chi connectivity index (χ0v) is 8.54. The number of likely N-dealkylation sites (tertiary alicyclic amines) is 1. The summed E-state index contributed by atoms with van der Waals surface area (Å²) < 4.78 is 9.36. The number of hydrogen-bond donors (Lipinski definition) is 1. The summed E-state index contributed by atoms with van der Waals surface area (Å²) >= 11 is 1.27. The summed E-state index contributed by atoms with van der Waals surface area (Å²) in [5.41, 5.74) is 6.67. The summed E-state index contributed by atoms with van der Waals surface area (Å²) in [5.74, 6) is 0. The van der Waals surface area contributed by atoms with Gasteiger partial charge in [-0.3, -0.25) is 4.90 Å². The second kappa shape index (κ2) is 3.15. The van der Waals surface area contributed by atoms with Crippen LogP contribution in [0.4, 0.5) is 5.00 Å². The number of fused-ring (bicyclic) bond motifs is 2. The van der Waals surface area contributed by atoms with E-state index >= 15 is 0 Å². The summed E-state index contributed by atoms with van der Waals surface area (Å²) in [5, 5.41) is 4.77. The molecule has 2 aliphatic heterocycles. The number of nitrogens with zero attached hydrogens (tertiary/aromatic N) is 3. The van der Waals surface area contributed by atoms with Crippen LogP contribution in [0.5, 0.6) is 0 Å². The molecule has 0 radical (unpaired) electrons. The maximum atomic E-state index is 5.75. The molecule has 0 amide bonds. The first-order chi connectivity index (χ1) is 6.83. The van der Waals surface area contributed by atoms with Crippen LogP contribution in [0.25, 0.3) is 0 Å². The van der Waals surface area contributed by atoms with Crippen LogP contribution < -0.4 is 5.73 Å². The minimum Gasteiger partial charge on any atom is -0.388 e. The van der Waals surface area contributed by atoms with E-state index in [0.29, 0.717) is 12.1 Å². The largest absolute Gasteiger partial charge is 0.388 e. The van der Waals surface area contributed by atoms with Crippen molar-refractivity contribution < 1.29 is 4.74 Å². The molecule has 1 aromatic rings. The molecule has 14 heavy (non-hydrogen) atoms.